The van der Waals surface area contributed by atoms with Gasteiger partial charge in [-0.15, -0.1) is 0 Å². The van der Waals surface area contributed by atoms with E-state index >= 15 is 0 Å². The van der Waals surface area contributed by atoms with Crippen molar-refractivity contribution in [2.75, 3.05) is 12.3 Å². The molecule has 1 amide bonds. The molecule has 1 N–H and O–H groups in total. The predicted octanol–water partition coefficient (Wildman–Crippen LogP) is 2.15. The standard InChI is InChI=1S/C19H17N5O2S/c25-17(12-27-19-22-5-2-6-23-19)24-10-14-9-13-3-1-4-15(18(13)26-14)16-11-20-7-8-21-16/h1-8,11,14H,9-10,12H2,(H,24,25). The van der Waals surface area contributed by atoms with E-state index in [0.29, 0.717) is 11.7 Å². The molecular formula is C19H17N5O2S. The lowest BCUT2D eigenvalue weighted by molar-refractivity contribution is -0.118. The SMILES string of the molecule is O=C(CSc1ncccn1)NCC1Cc2cccc(-c3cnccn3)c2O1. The molecule has 0 radical (unpaired) electrons. The molecule has 0 saturated carbocycles. The van der Waals surface area contributed by atoms with Gasteiger partial charge in [-0.3, -0.25) is 14.8 Å². The Bertz CT molecular complexity index is 924. The summed E-state index contributed by atoms with van der Waals surface area (Å²) in [5.41, 5.74) is 2.81. The first-order chi connectivity index (χ1) is 13.3. The normalized spacial score (nSPS) is 15.0. The molecule has 3 aromatic rings. The number of carbonyl (C=O) groups excluding carboxylic acids is 1. The number of benzene rings is 1. The highest BCUT2D eigenvalue weighted by Gasteiger charge is 2.26. The molecule has 0 spiro atoms. The van der Waals surface area contributed by atoms with Gasteiger partial charge in [0.05, 0.1) is 24.2 Å². The monoisotopic (exact) mass is 379 g/mol. The molecule has 1 aliphatic heterocycles. The number of hydrogen-bond donors (Lipinski definition) is 1. The Morgan fingerprint density at radius 2 is 2.04 bits per heavy atom. The van der Waals surface area contributed by atoms with Gasteiger partial charge >= 0.3 is 0 Å². The lowest BCUT2D eigenvalue weighted by atomic mass is 10.0. The number of fused-ring (bicyclic) bond motifs is 1. The topological polar surface area (TPSA) is 89.9 Å². The highest BCUT2D eigenvalue weighted by Crippen LogP contribution is 2.37. The number of nitrogens with zero attached hydrogens (tertiary/aromatic N) is 4. The van der Waals surface area contributed by atoms with Crippen LogP contribution in [0.25, 0.3) is 11.3 Å². The van der Waals surface area contributed by atoms with E-state index < -0.39 is 0 Å². The molecule has 1 aromatic carbocycles. The molecule has 0 saturated heterocycles. The molecule has 0 fully saturated rings. The van der Waals surface area contributed by atoms with Crippen molar-refractivity contribution in [2.45, 2.75) is 17.7 Å². The Morgan fingerprint density at radius 3 is 2.85 bits per heavy atom. The van der Waals surface area contributed by atoms with Crippen LogP contribution in [0.15, 0.2) is 60.4 Å². The third-order valence-electron chi connectivity index (χ3n) is 4.07. The van der Waals surface area contributed by atoms with E-state index in [-0.39, 0.29) is 17.8 Å². The molecule has 1 aliphatic rings. The first-order valence-electron chi connectivity index (χ1n) is 8.51. The van der Waals surface area contributed by atoms with Crippen LogP contribution in [0, 0.1) is 0 Å². The van der Waals surface area contributed by atoms with Crippen LogP contribution in [0.2, 0.25) is 0 Å². The number of carbonyl (C=O) groups is 1. The summed E-state index contributed by atoms with van der Waals surface area (Å²) in [6.45, 7) is 0.448. The second kappa shape index (κ2) is 8.13. The second-order valence-corrected chi connectivity index (χ2v) is 6.90. The zero-order valence-corrected chi connectivity index (χ0v) is 15.2. The fraction of sp³-hybridized carbons (Fsp3) is 0.211. The molecule has 2 aromatic heterocycles. The number of ether oxygens (including phenoxy) is 1. The van der Waals surface area contributed by atoms with Crippen LogP contribution < -0.4 is 10.1 Å². The molecule has 8 heteroatoms. The highest BCUT2D eigenvalue weighted by molar-refractivity contribution is 7.99. The molecule has 0 bridgehead atoms. The molecular weight excluding hydrogens is 362 g/mol. The quantitative estimate of drug-likeness (QED) is 0.518. The van der Waals surface area contributed by atoms with Crippen molar-refractivity contribution in [1.29, 1.82) is 0 Å². The van der Waals surface area contributed by atoms with Gasteiger partial charge in [-0.05, 0) is 17.7 Å². The average molecular weight is 379 g/mol. The summed E-state index contributed by atoms with van der Waals surface area (Å²) >= 11 is 1.31. The fourth-order valence-electron chi connectivity index (χ4n) is 2.86. The summed E-state index contributed by atoms with van der Waals surface area (Å²) < 4.78 is 6.09. The molecule has 4 rings (SSSR count). The molecule has 7 nitrogen and oxygen atoms in total. The lowest BCUT2D eigenvalue weighted by Gasteiger charge is -2.13. The van der Waals surface area contributed by atoms with Gasteiger partial charge in [0.2, 0.25) is 5.91 Å². The molecule has 3 heterocycles. The Kier molecular flexibility index (Phi) is 5.24. The van der Waals surface area contributed by atoms with Gasteiger partial charge in [-0.1, -0.05) is 23.9 Å². The molecule has 0 aliphatic carbocycles. The zero-order valence-electron chi connectivity index (χ0n) is 14.4. The number of rotatable bonds is 6. The number of amides is 1. The maximum atomic E-state index is 12.1. The van der Waals surface area contributed by atoms with E-state index in [1.807, 2.05) is 18.2 Å². The Hall–Kier alpha value is -3.00. The van der Waals surface area contributed by atoms with Gasteiger partial charge in [-0.2, -0.15) is 0 Å². The van der Waals surface area contributed by atoms with E-state index in [9.17, 15) is 4.79 Å². The maximum Gasteiger partial charge on any atom is 0.230 e. The van der Waals surface area contributed by atoms with E-state index in [4.69, 9.17) is 4.74 Å². The zero-order chi connectivity index (χ0) is 18.5. The largest absolute Gasteiger partial charge is 0.487 e. The van der Waals surface area contributed by atoms with Gasteiger partial charge in [0.25, 0.3) is 0 Å². The van der Waals surface area contributed by atoms with Crippen LogP contribution in [0.3, 0.4) is 0 Å². The number of hydrogen-bond acceptors (Lipinski definition) is 7. The van der Waals surface area contributed by atoms with Crippen molar-refractivity contribution in [1.82, 2.24) is 25.3 Å². The third-order valence-corrected chi connectivity index (χ3v) is 4.94. The van der Waals surface area contributed by atoms with Gasteiger partial charge in [-0.25, -0.2) is 9.97 Å². The van der Waals surface area contributed by atoms with Gasteiger partial charge < -0.3 is 10.1 Å². The van der Waals surface area contributed by atoms with Crippen molar-refractivity contribution in [3.05, 3.63) is 60.8 Å². The van der Waals surface area contributed by atoms with Gasteiger partial charge in [0, 0.05) is 36.8 Å². The van der Waals surface area contributed by atoms with Gasteiger partial charge in [0.15, 0.2) is 5.16 Å². The van der Waals surface area contributed by atoms with Crippen LogP contribution in [-0.2, 0) is 11.2 Å². The van der Waals surface area contributed by atoms with Crippen LogP contribution in [0.4, 0.5) is 0 Å². The number of nitrogens with one attached hydrogen (secondary N) is 1. The number of aromatic nitrogens is 4. The van der Waals surface area contributed by atoms with Crippen molar-refractivity contribution < 1.29 is 9.53 Å². The van der Waals surface area contributed by atoms with E-state index in [2.05, 4.69) is 25.3 Å². The summed E-state index contributed by atoms with van der Waals surface area (Å²) in [5.74, 6) is 1.03. The minimum Gasteiger partial charge on any atom is -0.487 e. The van der Waals surface area contributed by atoms with Crippen LogP contribution in [0.1, 0.15) is 5.56 Å². The minimum atomic E-state index is -0.0975. The smallest absolute Gasteiger partial charge is 0.230 e. The van der Waals surface area contributed by atoms with Crippen molar-refractivity contribution in [3.63, 3.8) is 0 Å². The average Bonchev–Trinajstić information content (AvgIpc) is 3.15. The molecule has 1 atom stereocenters. The van der Waals surface area contributed by atoms with E-state index in [1.54, 1.807) is 37.1 Å². The minimum absolute atomic E-state index is 0.0684. The number of thioether (sulfide) groups is 1. The van der Waals surface area contributed by atoms with Crippen molar-refractivity contribution >= 4 is 17.7 Å². The summed E-state index contributed by atoms with van der Waals surface area (Å²) in [5, 5.41) is 3.51. The van der Waals surface area contributed by atoms with E-state index in [0.717, 1.165) is 29.0 Å². The molecule has 136 valence electrons. The lowest BCUT2D eigenvalue weighted by Crippen LogP contribution is -2.35. The maximum absolute atomic E-state index is 12.1. The van der Waals surface area contributed by atoms with Crippen molar-refractivity contribution in [2.24, 2.45) is 0 Å². The van der Waals surface area contributed by atoms with Crippen molar-refractivity contribution in [3.8, 4) is 17.0 Å². The predicted molar refractivity (Wildman–Crippen MR) is 101 cm³/mol. The third kappa shape index (κ3) is 4.22. The second-order valence-electron chi connectivity index (χ2n) is 5.95. The number of para-hydroxylation sites is 1. The first kappa shape index (κ1) is 17.4. The highest BCUT2D eigenvalue weighted by atomic mass is 32.2. The van der Waals surface area contributed by atoms with E-state index in [1.165, 1.54) is 11.8 Å². The molecule has 27 heavy (non-hydrogen) atoms. The van der Waals surface area contributed by atoms with Gasteiger partial charge in [0.1, 0.15) is 11.9 Å². The Balaban J connectivity index is 1.33. The van der Waals surface area contributed by atoms with Crippen LogP contribution in [0.5, 0.6) is 5.75 Å². The fourth-order valence-corrected chi connectivity index (χ4v) is 3.49. The summed E-state index contributed by atoms with van der Waals surface area (Å²) in [6, 6.07) is 7.75. The summed E-state index contributed by atoms with van der Waals surface area (Å²) in [4.78, 5) is 28.7. The first-order valence-corrected chi connectivity index (χ1v) is 9.49. The summed E-state index contributed by atoms with van der Waals surface area (Å²) in [6.07, 6.45) is 8.99. The summed E-state index contributed by atoms with van der Waals surface area (Å²) in [7, 11) is 0. The van der Waals surface area contributed by atoms with Crippen LogP contribution in [-0.4, -0.2) is 44.2 Å². The Morgan fingerprint density at radius 1 is 1.15 bits per heavy atom. The Labute approximate surface area is 160 Å². The van der Waals surface area contributed by atoms with Crippen LogP contribution >= 0.6 is 11.8 Å². The molecule has 1 unspecified atom stereocenters.